The third kappa shape index (κ3) is 3.81. The van der Waals surface area contributed by atoms with Crippen LogP contribution in [0.15, 0.2) is 18.2 Å². The van der Waals surface area contributed by atoms with E-state index in [4.69, 9.17) is 5.73 Å². The lowest BCUT2D eigenvalue weighted by Crippen LogP contribution is -2.36. The number of halogens is 1. The van der Waals surface area contributed by atoms with Crippen LogP contribution in [0, 0.1) is 5.82 Å². The van der Waals surface area contributed by atoms with Gasteiger partial charge in [0.15, 0.2) is 0 Å². The van der Waals surface area contributed by atoms with E-state index in [0.29, 0.717) is 5.75 Å². The number of amides is 1. The predicted octanol–water partition coefficient (Wildman–Crippen LogP) is 0.905. The molecule has 0 aliphatic carbocycles. The van der Waals surface area contributed by atoms with Crippen molar-refractivity contribution < 1.29 is 13.4 Å². The average molecular weight is 258 g/mol. The summed E-state index contributed by atoms with van der Waals surface area (Å²) in [7, 11) is -0.998. The highest BCUT2D eigenvalue weighted by Crippen LogP contribution is 2.15. The molecule has 1 amide bonds. The quantitative estimate of drug-likeness (QED) is 0.788. The van der Waals surface area contributed by atoms with Crippen LogP contribution in [0.5, 0.6) is 0 Å². The number of hydrogen-bond donors (Lipinski definition) is 2. The maximum absolute atomic E-state index is 13.1. The molecule has 2 atom stereocenters. The number of carbonyl (C=O) groups is 1. The van der Waals surface area contributed by atoms with E-state index < -0.39 is 22.5 Å². The Balaban J connectivity index is 2.77. The number of carbonyl (C=O) groups excluding carboxylic acids is 1. The zero-order valence-electron chi connectivity index (χ0n) is 9.70. The standard InChI is InChI=1S/C11H15FN2O2S/c1-7(6-17(2)16)14-11(15)8-4-3-5-9(12)10(8)13/h3-5,7H,6,13H2,1-2H3,(H,14,15). The summed E-state index contributed by atoms with van der Waals surface area (Å²) >= 11 is 0. The molecule has 0 bridgehead atoms. The maximum Gasteiger partial charge on any atom is 0.253 e. The van der Waals surface area contributed by atoms with Gasteiger partial charge >= 0.3 is 0 Å². The molecule has 0 heterocycles. The van der Waals surface area contributed by atoms with Gasteiger partial charge < -0.3 is 11.1 Å². The van der Waals surface area contributed by atoms with Crippen molar-refractivity contribution >= 4 is 22.4 Å². The van der Waals surface area contributed by atoms with Crippen LogP contribution in [0.25, 0.3) is 0 Å². The minimum absolute atomic E-state index is 0.0961. The first-order valence-electron chi connectivity index (χ1n) is 5.06. The van der Waals surface area contributed by atoms with E-state index in [2.05, 4.69) is 5.32 Å². The summed E-state index contributed by atoms with van der Waals surface area (Å²) < 4.78 is 24.1. The Morgan fingerprint density at radius 1 is 1.59 bits per heavy atom. The molecule has 0 radical (unpaired) electrons. The Kier molecular flexibility index (Phi) is 4.62. The average Bonchev–Trinajstić information content (AvgIpc) is 2.20. The van der Waals surface area contributed by atoms with Crippen LogP contribution in [0.2, 0.25) is 0 Å². The molecule has 0 saturated carbocycles. The van der Waals surface area contributed by atoms with Gasteiger partial charge in [0.05, 0.1) is 11.3 Å². The molecule has 94 valence electrons. The van der Waals surface area contributed by atoms with E-state index in [1.165, 1.54) is 18.2 Å². The second-order valence-electron chi connectivity index (χ2n) is 3.82. The predicted molar refractivity (Wildman–Crippen MR) is 66.7 cm³/mol. The number of nitrogens with two attached hydrogens (primary N) is 1. The van der Waals surface area contributed by atoms with Gasteiger partial charge in [-0.25, -0.2) is 4.39 Å². The minimum atomic E-state index is -0.998. The van der Waals surface area contributed by atoms with Gasteiger partial charge in [0.1, 0.15) is 5.82 Å². The molecule has 1 rings (SSSR count). The molecule has 0 saturated heterocycles. The lowest BCUT2D eigenvalue weighted by Gasteiger charge is -2.13. The molecule has 1 aromatic rings. The first kappa shape index (κ1) is 13.6. The van der Waals surface area contributed by atoms with Crippen LogP contribution in [0.3, 0.4) is 0 Å². The van der Waals surface area contributed by atoms with E-state index in [9.17, 15) is 13.4 Å². The van der Waals surface area contributed by atoms with Crippen molar-refractivity contribution in [2.24, 2.45) is 0 Å². The smallest absolute Gasteiger partial charge is 0.253 e. The molecule has 6 heteroatoms. The molecule has 0 aliphatic heterocycles. The van der Waals surface area contributed by atoms with Crippen LogP contribution < -0.4 is 11.1 Å². The SMILES string of the molecule is CC(CS(C)=O)NC(=O)c1cccc(F)c1N. The Hall–Kier alpha value is -1.43. The number of para-hydroxylation sites is 1. The van der Waals surface area contributed by atoms with Gasteiger partial charge in [-0.3, -0.25) is 9.00 Å². The van der Waals surface area contributed by atoms with Crippen molar-refractivity contribution in [1.29, 1.82) is 0 Å². The van der Waals surface area contributed by atoms with Crippen molar-refractivity contribution in [1.82, 2.24) is 5.32 Å². The van der Waals surface area contributed by atoms with Crippen molar-refractivity contribution in [2.75, 3.05) is 17.7 Å². The summed E-state index contributed by atoms with van der Waals surface area (Å²) in [6.07, 6.45) is 1.55. The summed E-state index contributed by atoms with van der Waals surface area (Å²) in [4.78, 5) is 11.8. The van der Waals surface area contributed by atoms with Crippen LogP contribution in [0.1, 0.15) is 17.3 Å². The van der Waals surface area contributed by atoms with E-state index in [-0.39, 0.29) is 17.3 Å². The van der Waals surface area contributed by atoms with Crippen LogP contribution in [0.4, 0.5) is 10.1 Å². The van der Waals surface area contributed by atoms with Gasteiger partial charge in [-0.1, -0.05) is 6.07 Å². The Bertz CT molecular complexity index is 451. The topological polar surface area (TPSA) is 72.2 Å². The minimum Gasteiger partial charge on any atom is -0.396 e. The first-order valence-corrected chi connectivity index (χ1v) is 6.79. The summed E-state index contributed by atoms with van der Waals surface area (Å²) in [5.74, 6) is -0.731. The van der Waals surface area contributed by atoms with Crippen molar-refractivity contribution in [3.63, 3.8) is 0 Å². The van der Waals surface area contributed by atoms with E-state index >= 15 is 0 Å². The number of anilines is 1. The molecular formula is C11H15FN2O2S. The van der Waals surface area contributed by atoms with Crippen LogP contribution in [-0.2, 0) is 10.8 Å². The van der Waals surface area contributed by atoms with Crippen LogP contribution in [-0.4, -0.2) is 28.2 Å². The van der Waals surface area contributed by atoms with Crippen molar-refractivity contribution in [3.05, 3.63) is 29.6 Å². The number of nitrogen functional groups attached to an aromatic ring is 1. The van der Waals surface area contributed by atoms with Crippen molar-refractivity contribution in [3.8, 4) is 0 Å². The van der Waals surface area contributed by atoms with E-state index in [1.807, 2.05) is 0 Å². The Morgan fingerprint density at radius 2 is 2.24 bits per heavy atom. The van der Waals surface area contributed by atoms with Crippen molar-refractivity contribution in [2.45, 2.75) is 13.0 Å². The first-order chi connectivity index (χ1) is 7.91. The molecule has 4 nitrogen and oxygen atoms in total. The highest BCUT2D eigenvalue weighted by atomic mass is 32.2. The molecular weight excluding hydrogens is 243 g/mol. The molecule has 1 aromatic carbocycles. The van der Waals surface area contributed by atoms with Gasteiger partial charge in [0.2, 0.25) is 0 Å². The lowest BCUT2D eigenvalue weighted by atomic mass is 10.1. The summed E-state index contributed by atoms with van der Waals surface area (Å²) in [5, 5.41) is 2.62. The highest BCUT2D eigenvalue weighted by molar-refractivity contribution is 7.84. The third-order valence-electron chi connectivity index (χ3n) is 2.16. The second-order valence-corrected chi connectivity index (χ2v) is 5.30. The normalized spacial score (nSPS) is 14.1. The fourth-order valence-electron chi connectivity index (χ4n) is 1.43. The van der Waals surface area contributed by atoms with Gasteiger partial charge in [-0.05, 0) is 19.1 Å². The Labute approximate surface area is 102 Å². The number of benzene rings is 1. The zero-order chi connectivity index (χ0) is 13.0. The number of hydrogen-bond acceptors (Lipinski definition) is 3. The molecule has 0 spiro atoms. The molecule has 0 aromatic heterocycles. The highest BCUT2D eigenvalue weighted by Gasteiger charge is 2.15. The van der Waals surface area contributed by atoms with Gasteiger partial charge in [0.25, 0.3) is 5.91 Å². The third-order valence-corrected chi connectivity index (χ3v) is 3.13. The zero-order valence-corrected chi connectivity index (χ0v) is 10.5. The fourth-order valence-corrected chi connectivity index (χ4v) is 2.22. The molecule has 0 aliphatic rings. The van der Waals surface area contributed by atoms with E-state index in [1.54, 1.807) is 13.2 Å². The summed E-state index contributed by atoms with van der Waals surface area (Å²) in [5.41, 5.74) is 5.39. The fraction of sp³-hybridized carbons (Fsp3) is 0.364. The second kappa shape index (κ2) is 5.77. The lowest BCUT2D eigenvalue weighted by molar-refractivity contribution is 0.0944. The van der Waals surface area contributed by atoms with Gasteiger partial charge in [-0.15, -0.1) is 0 Å². The molecule has 2 unspecified atom stereocenters. The number of rotatable bonds is 4. The van der Waals surface area contributed by atoms with E-state index in [0.717, 1.165) is 0 Å². The summed E-state index contributed by atoms with van der Waals surface area (Å²) in [6.45, 7) is 1.73. The van der Waals surface area contributed by atoms with Gasteiger partial charge in [0, 0.05) is 28.9 Å². The Morgan fingerprint density at radius 3 is 2.82 bits per heavy atom. The summed E-state index contributed by atoms with van der Waals surface area (Å²) in [6, 6.07) is 3.81. The number of nitrogens with one attached hydrogen (secondary N) is 1. The van der Waals surface area contributed by atoms with Gasteiger partial charge in [-0.2, -0.15) is 0 Å². The molecule has 17 heavy (non-hydrogen) atoms. The molecule has 0 fully saturated rings. The maximum atomic E-state index is 13.1. The van der Waals surface area contributed by atoms with Crippen LogP contribution >= 0.6 is 0 Å². The largest absolute Gasteiger partial charge is 0.396 e. The molecule has 3 N–H and O–H groups in total. The monoisotopic (exact) mass is 258 g/mol.